The van der Waals surface area contributed by atoms with Gasteiger partial charge in [-0.2, -0.15) is 0 Å². The molecule has 0 radical (unpaired) electrons. The molecule has 0 aromatic heterocycles. The largest absolute Gasteiger partial charge is 0.459 e. The van der Waals surface area contributed by atoms with E-state index in [0.29, 0.717) is 32.2 Å². The van der Waals surface area contributed by atoms with Crippen LogP contribution in [0.5, 0.6) is 0 Å². The average Bonchev–Trinajstić information content (AvgIpc) is 2.84. The van der Waals surface area contributed by atoms with Gasteiger partial charge in [0.25, 0.3) is 5.91 Å². The number of esters is 2. The Balaban J connectivity index is 2.16. The number of hydrogen-bond acceptors (Lipinski definition) is 7. The quantitative estimate of drug-likeness (QED) is 0.285. The van der Waals surface area contributed by atoms with Crippen LogP contribution in [0.2, 0.25) is 0 Å². The van der Waals surface area contributed by atoms with Gasteiger partial charge in [-0.3, -0.25) is 9.69 Å². The number of benzene rings is 1. The predicted octanol–water partition coefficient (Wildman–Crippen LogP) is 4.96. The highest BCUT2D eigenvalue weighted by atomic mass is 16.6. The van der Waals surface area contributed by atoms with Crippen molar-refractivity contribution < 1.29 is 33.4 Å². The SMILES string of the molecule is CC(C)C[C@@H](C(=O)O[C@@H]1CCCN([C@@H](CC(C)C)C(=O)OCc2ccccc2)C1=O)N(C)C(=O)OC(C)(C)C. The maximum atomic E-state index is 13.5. The third kappa shape index (κ3) is 10.2. The zero-order chi connectivity index (χ0) is 29.3. The first kappa shape index (κ1) is 32.1. The lowest BCUT2D eigenvalue weighted by atomic mass is 9.98. The Kier molecular flexibility index (Phi) is 11.8. The number of ether oxygens (including phenoxy) is 3. The minimum atomic E-state index is -1.04. The fourth-order valence-corrected chi connectivity index (χ4v) is 4.45. The van der Waals surface area contributed by atoms with Crippen LogP contribution in [-0.2, 0) is 35.2 Å². The summed E-state index contributed by atoms with van der Waals surface area (Å²) in [5.74, 6) is -1.34. The van der Waals surface area contributed by atoms with Gasteiger partial charge in [-0.1, -0.05) is 58.0 Å². The molecule has 0 spiro atoms. The van der Waals surface area contributed by atoms with Gasteiger partial charge in [0, 0.05) is 13.6 Å². The Morgan fingerprint density at radius 3 is 2.18 bits per heavy atom. The van der Waals surface area contributed by atoms with E-state index in [-0.39, 0.29) is 18.4 Å². The molecule has 0 N–H and O–H groups in total. The van der Waals surface area contributed by atoms with E-state index < -0.39 is 47.7 Å². The maximum Gasteiger partial charge on any atom is 0.410 e. The Hall–Kier alpha value is -3.10. The van der Waals surface area contributed by atoms with E-state index in [0.717, 1.165) is 5.56 Å². The Morgan fingerprint density at radius 1 is 1.00 bits per heavy atom. The summed E-state index contributed by atoms with van der Waals surface area (Å²) in [4.78, 5) is 55.4. The minimum absolute atomic E-state index is 0.0841. The van der Waals surface area contributed by atoms with Crippen LogP contribution in [0.1, 0.15) is 79.7 Å². The van der Waals surface area contributed by atoms with Crippen LogP contribution in [-0.4, -0.2) is 71.1 Å². The van der Waals surface area contributed by atoms with Crippen LogP contribution < -0.4 is 0 Å². The molecule has 39 heavy (non-hydrogen) atoms. The summed E-state index contributed by atoms with van der Waals surface area (Å²) in [7, 11) is 1.50. The van der Waals surface area contributed by atoms with Gasteiger partial charge in [0.15, 0.2) is 6.10 Å². The van der Waals surface area contributed by atoms with Crippen molar-refractivity contribution in [1.29, 1.82) is 0 Å². The van der Waals surface area contributed by atoms with E-state index >= 15 is 0 Å². The molecule has 0 unspecified atom stereocenters. The van der Waals surface area contributed by atoms with Gasteiger partial charge < -0.3 is 19.1 Å². The zero-order valence-electron chi connectivity index (χ0n) is 24.8. The van der Waals surface area contributed by atoms with Gasteiger partial charge in [0.05, 0.1) is 0 Å². The molecular weight excluding hydrogens is 500 g/mol. The lowest BCUT2D eigenvalue weighted by molar-refractivity contribution is -0.172. The summed E-state index contributed by atoms with van der Waals surface area (Å²) in [5, 5.41) is 0. The fourth-order valence-electron chi connectivity index (χ4n) is 4.45. The number of nitrogens with zero attached hydrogens (tertiary/aromatic N) is 2. The molecule has 3 atom stereocenters. The molecule has 2 amide bonds. The molecular formula is C30H46N2O7. The fraction of sp³-hybridized carbons (Fsp3) is 0.667. The smallest absolute Gasteiger partial charge is 0.410 e. The number of likely N-dealkylation sites (tertiary alicyclic amines) is 1. The molecule has 1 aromatic rings. The molecule has 9 heteroatoms. The second kappa shape index (κ2) is 14.3. The van der Waals surface area contributed by atoms with E-state index in [9.17, 15) is 19.2 Å². The first-order valence-corrected chi connectivity index (χ1v) is 13.9. The summed E-state index contributed by atoms with van der Waals surface area (Å²) in [6.07, 6.45) is 0.0164. The van der Waals surface area contributed by atoms with Crippen molar-refractivity contribution in [1.82, 2.24) is 9.80 Å². The molecule has 0 bridgehead atoms. The van der Waals surface area contributed by atoms with E-state index in [1.54, 1.807) is 20.8 Å². The zero-order valence-corrected chi connectivity index (χ0v) is 24.8. The standard InChI is InChI=1S/C30H46N2O7/c1-20(2)17-23(31(8)29(36)39-30(5,6)7)28(35)38-25-15-12-16-32(26(25)33)24(18-21(3)4)27(34)37-19-22-13-10-9-11-14-22/h9-11,13-14,20-21,23-25H,12,15-19H2,1-8H3/t23-,24-,25+/m0/s1. The number of likely N-dealkylation sites (N-methyl/N-ethyl adjacent to an activating group) is 1. The van der Waals surface area contributed by atoms with Crippen molar-refractivity contribution in [3.63, 3.8) is 0 Å². The predicted molar refractivity (Wildman–Crippen MR) is 148 cm³/mol. The van der Waals surface area contributed by atoms with Crippen molar-refractivity contribution >= 4 is 23.9 Å². The van der Waals surface area contributed by atoms with Gasteiger partial charge in [0.1, 0.15) is 24.3 Å². The van der Waals surface area contributed by atoms with Gasteiger partial charge in [-0.15, -0.1) is 0 Å². The van der Waals surface area contributed by atoms with Gasteiger partial charge in [-0.05, 0) is 63.9 Å². The van der Waals surface area contributed by atoms with Crippen molar-refractivity contribution in [3.05, 3.63) is 35.9 Å². The van der Waals surface area contributed by atoms with E-state index in [1.165, 1.54) is 16.8 Å². The lowest BCUT2D eigenvalue weighted by Crippen LogP contribution is -2.55. The topological polar surface area (TPSA) is 102 Å². The van der Waals surface area contributed by atoms with Crippen LogP contribution in [0.25, 0.3) is 0 Å². The first-order chi connectivity index (χ1) is 18.2. The molecule has 1 fully saturated rings. The van der Waals surface area contributed by atoms with Gasteiger partial charge in [0.2, 0.25) is 0 Å². The molecule has 0 saturated carbocycles. The molecule has 1 saturated heterocycles. The van der Waals surface area contributed by atoms with Crippen molar-refractivity contribution in [3.8, 4) is 0 Å². The maximum absolute atomic E-state index is 13.5. The monoisotopic (exact) mass is 546 g/mol. The van der Waals surface area contributed by atoms with E-state index in [2.05, 4.69) is 0 Å². The molecule has 1 aliphatic rings. The number of piperidine rings is 1. The second-order valence-electron chi connectivity index (χ2n) is 12.1. The molecule has 218 valence electrons. The van der Waals surface area contributed by atoms with Gasteiger partial charge >= 0.3 is 18.0 Å². The van der Waals surface area contributed by atoms with Crippen LogP contribution in [0.15, 0.2) is 30.3 Å². The summed E-state index contributed by atoms with van der Waals surface area (Å²) in [6.45, 7) is 13.6. The van der Waals surface area contributed by atoms with Crippen molar-refractivity contribution in [2.75, 3.05) is 13.6 Å². The van der Waals surface area contributed by atoms with E-state index in [1.807, 2.05) is 58.0 Å². The van der Waals surface area contributed by atoms with Crippen LogP contribution in [0.4, 0.5) is 4.79 Å². The molecule has 2 rings (SSSR count). The molecule has 1 aliphatic heterocycles. The summed E-state index contributed by atoms with van der Waals surface area (Å²) in [6, 6.07) is 7.67. The summed E-state index contributed by atoms with van der Waals surface area (Å²) >= 11 is 0. The average molecular weight is 547 g/mol. The van der Waals surface area contributed by atoms with Crippen LogP contribution >= 0.6 is 0 Å². The summed E-state index contributed by atoms with van der Waals surface area (Å²) in [5.41, 5.74) is 0.133. The normalized spacial score (nSPS) is 17.5. The highest BCUT2D eigenvalue weighted by Gasteiger charge is 2.41. The highest BCUT2D eigenvalue weighted by Crippen LogP contribution is 2.24. The number of carbonyl (C=O) groups excluding carboxylic acids is 4. The van der Waals surface area contributed by atoms with Crippen LogP contribution in [0, 0.1) is 11.8 Å². The lowest BCUT2D eigenvalue weighted by Gasteiger charge is -2.38. The number of carbonyl (C=O) groups is 4. The third-order valence-corrected chi connectivity index (χ3v) is 6.36. The molecule has 1 aromatic carbocycles. The molecule has 1 heterocycles. The molecule has 9 nitrogen and oxygen atoms in total. The van der Waals surface area contributed by atoms with E-state index in [4.69, 9.17) is 14.2 Å². The molecule has 0 aliphatic carbocycles. The summed E-state index contributed by atoms with van der Waals surface area (Å²) < 4.78 is 16.8. The number of amides is 2. The number of rotatable bonds is 11. The Morgan fingerprint density at radius 2 is 1.62 bits per heavy atom. The van der Waals surface area contributed by atoms with Crippen molar-refractivity contribution in [2.24, 2.45) is 11.8 Å². The minimum Gasteiger partial charge on any atom is -0.459 e. The second-order valence-corrected chi connectivity index (χ2v) is 12.1. The van der Waals surface area contributed by atoms with Crippen molar-refractivity contribution in [2.45, 2.75) is 105 Å². The highest BCUT2D eigenvalue weighted by molar-refractivity contribution is 5.90. The van der Waals surface area contributed by atoms with Gasteiger partial charge in [-0.25, -0.2) is 14.4 Å². The Labute approximate surface area is 233 Å². The van der Waals surface area contributed by atoms with Crippen LogP contribution in [0.3, 0.4) is 0 Å². The Bertz CT molecular complexity index is 971. The number of hydrogen-bond donors (Lipinski definition) is 0. The first-order valence-electron chi connectivity index (χ1n) is 13.9. The third-order valence-electron chi connectivity index (χ3n) is 6.36.